The van der Waals surface area contributed by atoms with E-state index < -0.39 is 4.92 Å². The van der Waals surface area contributed by atoms with Crippen molar-refractivity contribution in [2.24, 2.45) is 11.8 Å². The van der Waals surface area contributed by atoms with Gasteiger partial charge in [-0.1, -0.05) is 33.8 Å². The van der Waals surface area contributed by atoms with Gasteiger partial charge in [0.25, 0.3) is 17.5 Å². The van der Waals surface area contributed by atoms with E-state index in [-0.39, 0.29) is 35.5 Å². The van der Waals surface area contributed by atoms with Crippen LogP contribution in [0.3, 0.4) is 0 Å². The predicted octanol–water partition coefficient (Wildman–Crippen LogP) is 4.04. The lowest BCUT2D eigenvalue weighted by atomic mass is 10.1. The number of hydrogen-bond acceptors (Lipinski definition) is 6. The summed E-state index contributed by atoms with van der Waals surface area (Å²) < 4.78 is 0. The molecule has 1 heterocycles. The van der Waals surface area contributed by atoms with Crippen molar-refractivity contribution in [3.05, 3.63) is 55.5 Å². The highest BCUT2D eigenvalue weighted by atomic mass is 32.1. The molecule has 0 unspecified atom stereocenters. The average molecular weight is 433 g/mol. The molecule has 0 aliphatic rings. The molecular formula is C21H28N4O4S. The van der Waals surface area contributed by atoms with Crippen molar-refractivity contribution < 1.29 is 14.5 Å². The van der Waals surface area contributed by atoms with Crippen LogP contribution in [0, 0.1) is 28.9 Å². The van der Waals surface area contributed by atoms with Gasteiger partial charge in [0, 0.05) is 35.7 Å². The van der Waals surface area contributed by atoms with Crippen molar-refractivity contribution in [3.63, 3.8) is 0 Å². The van der Waals surface area contributed by atoms with Crippen LogP contribution in [-0.4, -0.2) is 39.7 Å². The smallest absolute Gasteiger partial charge is 0.273 e. The van der Waals surface area contributed by atoms with Gasteiger partial charge in [0.1, 0.15) is 10.7 Å². The molecule has 0 aliphatic carbocycles. The number of nitrogens with one attached hydrogen (secondary N) is 1. The highest BCUT2D eigenvalue weighted by Crippen LogP contribution is 2.22. The molecule has 2 rings (SSSR count). The number of hydrogen-bond donors (Lipinski definition) is 1. The number of carbonyl (C=O) groups excluding carboxylic acids is 2. The monoisotopic (exact) mass is 432 g/mol. The van der Waals surface area contributed by atoms with Crippen LogP contribution in [0.15, 0.2) is 23.6 Å². The molecule has 8 nitrogen and oxygen atoms in total. The standard InChI is InChI=1S/C21H28N4O4S/c1-13(2)9-22-20(26)17-12-30-19(23-17)11-24(10-14(3)4)21(27)16-7-6-15(5)18(8-16)25(28)29/h6-8,12-14H,9-11H2,1-5H3,(H,22,26). The minimum atomic E-state index is -0.484. The number of benzene rings is 1. The first-order chi connectivity index (χ1) is 14.1. The fourth-order valence-corrected chi connectivity index (χ4v) is 3.61. The van der Waals surface area contributed by atoms with E-state index in [0.717, 1.165) is 0 Å². The second kappa shape index (κ2) is 10.3. The molecule has 162 valence electrons. The number of nitro benzene ring substituents is 1. The lowest BCUT2D eigenvalue weighted by Crippen LogP contribution is -2.34. The summed E-state index contributed by atoms with van der Waals surface area (Å²) in [5.74, 6) is 0.00263. The van der Waals surface area contributed by atoms with Gasteiger partial charge < -0.3 is 10.2 Å². The van der Waals surface area contributed by atoms with E-state index in [9.17, 15) is 19.7 Å². The Bertz CT molecular complexity index is 923. The summed E-state index contributed by atoms with van der Waals surface area (Å²) in [7, 11) is 0. The molecule has 0 spiro atoms. The van der Waals surface area contributed by atoms with Crippen LogP contribution in [0.4, 0.5) is 5.69 Å². The fraction of sp³-hybridized carbons (Fsp3) is 0.476. The van der Waals surface area contributed by atoms with Crippen molar-refractivity contribution in [2.75, 3.05) is 13.1 Å². The molecule has 0 bridgehead atoms. The topological polar surface area (TPSA) is 105 Å². The Labute approximate surface area is 180 Å². The molecule has 0 atom stereocenters. The van der Waals surface area contributed by atoms with Crippen molar-refractivity contribution in [1.29, 1.82) is 0 Å². The van der Waals surface area contributed by atoms with Crippen molar-refractivity contribution in [3.8, 4) is 0 Å². The van der Waals surface area contributed by atoms with Gasteiger partial charge in [0.15, 0.2) is 0 Å². The molecule has 0 saturated heterocycles. The number of nitro groups is 1. The van der Waals surface area contributed by atoms with Crippen LogP contribution in [0.25, 0.3) is 0 Å². The molecule has 1 aromatic heterocycles. The minimum absolute atomic E-state index is 0.0799. The lowest BCUT2D eigenvalue weighted by Gasteiger charge is -2.23. The number of nitrogens with zero attached hydrogens (tertiary/aromatic N) is 3. The van der Waals surface area contributed by atoms with Crippen LogP contribution < -0.4 is 5.32 Å². The Morgan fingerprint density at radius 1 is 1.23 bits per heavy atom. The maximum atomic E-state index is 13.1. The van der Waals surface area contributed by atoms with Crippen LogP contribution >= 0.6 is 11.3 Å². The zero-order valence-corrected chi connectivity index (χ0v) is 18.8. The number of aryl methyl sites for hydroxylation is 1. The van der Waals surface area contributed by atoms with Gasteiger partial charge in [-0.3, -0.25) is 19.7 Å². The summed E-state index contributed by atoms with van der Waals surface area (Å²) >= 11 is 1.32. The summed E-state index contributed by atoms with van der Waals surface area (Å²) in [6.45, 7) is 10.9. The van der Waals surface area contributed by atoms with Crippen molar-refractivity contribution in [1.82, 2.24) is 15.2 Å². The molecule has 2 amide bonds. The Kier molecular flexibility index (Phi) is 8.05. The Morgan fingerprint density at radius 3 is 2.53 bits per heavy atom. The number of carbonyl (C=O) groups is 2. The van der Waals surface area contributed by atoms with E-state index in [1.54, 1.807) is 29.3 Å². The van der Waals surface area contributed by atoms with Gasteiger partial charge in [-0.2, -0.15) is 0 Å². The first kappa shape index (κ1) is 23.5. The van der Waals surface area contributed by atoms with E-state index in [0.29, 0.717) is 35.3 Å². The number of thiazole rings is 1. The zero-order chi connectivity index (χ0) is 22.4. The van der Waals surface area contributed by atoms with Gasteiger partial charge in [0.05, 0.1) is 11.5 Å². The predicted molar refractivity (Wildman–Crippen MR) is 117 cm³/mol. The molecule has 0 aliphatic heterocycles. The molecule has 0 fully saturated rings. The Balaban J connectivity index is 2.21. The molecule has 2 aromatic rings. The third-order valence-electron chi connectivity index (χ3n) is 4.31. The molecule has 0 saturated carbocycles. The molecule has 30 heavy (non-hydrogen) atoms. The first-order valence-corrected chi connectivity index (χ1v) is 10.7. The maximum Gasteiger partial charge on any atom is 0.273 e. The molecule has 1 N–H and O–H groups in total. The van der Waals surface area contributed by atoms with E-state index in [2.05, 4.69) is 10.3 Å². The van der Waals surface area contributed by atoms with E-state index >= 15 is 0 Å². The SMILES string of the molecule is Cc1ccc(C(=O)N(Cc2nc(C(=O)NCC(C)C)cs2)CC(C)C)cc1[N+](=O)[O-]. The van der Waals surface area contributed by atoms with Crippen LogP contribution in [-0.2, 0) is 6.54 Å². The highest BCUT2D eigenvalue weighted by Gasteiger charge is 2.22. The summed E-state index contributed by atoms with van der Waals surface area (Å²) in [5.41, 5.74) is 1.02. The van der Waals surface area contributed by atoms with Gasteiger partial charge in [-0.15, -0.1) is 11.3 Å². The highest BCUT2D eigenvalue weighted by molar-refractivity contribution is 7.09. The number of amides is 2. The summed E-state index contributed by atoms with van der Waals surface area (Å²) in [6.07, 6.45) is 0. The third-order valence-corrected chi connectivity index (χ3v) is 5.14. The van der Waals surface area contributed by atoms with Crippen molar-refractivity contribution in [2.45, 2.75) is 41.2 Å². The first-order valence-electron chi connectivity index (χ1n) is 9.85. The van der Waals surface area contributed by atoms with Gasteiger partial charge >= 0.3 is 0 Å². The van der Waals surface area contributed by atoms with Crippen LogP contribution in [0.1, 0.15) is 59.1 Å². The van der Waals surface area contributed by atoms with Gasteiger partial charge in [-0.05, 0) is 24.8 Å². The van der Waals surface area contributed by atoms with Crippen LogP contribution in [0.5, 0.6) is 0 Å². The van der Waals surface area contributed by atoms with E-state index in [4.69, 9.17) is 0 Å². The normalized spacial score (nSPS) is 11.0. The number of aromatic nitrogens is 1. The largest absolute Gasteiger partial charge is 0.350 e. The van der Waals surface area contributed by atoms with Gasteiger partial charge in [-0.25, -0.2) is 4.98 Å². The molecule has 9 heteroatoms. The van der Waals surface area contributed by atoms with Gasteiger partial charge in [0.2, 0.25) is 0 Å². The minimum Gasteiger partial charge on any atom is -0.350 e. The molecule has 0 radical (unpaired) electrons. The summed E-state index contributed by atoms with van der Waals surface area (Å²) in [6, 6.07) is 4.50. The summed E-state index contributed by atoms with van der Waals surface area (Å²) in [5, 5.41) is 16.4. The van der Waals surface area contributed by atoms with Crippen LogP contribution in [0.2, 0.25) is 0 Å². The fourth-order valence-electron chi connectivity index (χ4n) is 2.82. The maximum absolute atomic E-state index is 13.1. The number of rotatable bonds is 9. The Morgan fingerprint density at radius 2 is 1.93 bits per heavy atom. The molecular weight excluding hydrogens is 404 g/mol. The van der Waals surface area contributed by atoms with E-state index in [1.807, 2.05) is 27.7 Å². The lowest BCUT2D eigenvalue weighted by molar-refractivity contribution is -0.385. The van der Waals surface area contributed by atoms with E-state index in [1.165, 1.54) is 17.4 Å². The molecule has 1 aromatic carbocycles. The third kappa shape index (κ3) is 6.35. The zero-order valence-electron chi connectivity index (χ0n) is 18.0. The second-order valence-electron chi connectivity index (χ2n) is 8.07. The Hall–Kier alpha value is -2.81. The summed E-state index contributed by atoms with van der Waals surface area (Å²) in [4.78, 5) is 42.0. The van der Waals surface area contributed by atoms with Crippen molar-refractivity contribution >= 4 is 28.8 Å². The second-order valence-corrected chi connectivity index (χ2v) is 9.01. The average Bonchev–Trinajstić information content (AvgIpc) is 3.13. The quantitative estimate of drug-likeness (QED) is 0.475.